The maximum absolute atomic E-state index is 13.4. The van der Waals surface area contributed by atoms with Gasteiger partial charge in [0.05, 0.1) is 50.7 Å². The third kappa shape index (κ3) is 10.9. The number of aliphatic hydroxyl groups excluding tert-OH is 1. The molecule has 1 aromatic rings. The predicted octanol–water partition coefficient (Wildman–Crippen LogP) is 5.63. The van der Waals surface area contributed by atoms with Crippen LogP contribution in [0.4, 0.5) is 5.69 Å². The maximum atomic E-state index is 13.4. The minimum Gasteiger partial charge on any atom is -0.505 e. The van der Waals surface area contributed by atoms with Crippen LogP contribution in [-0.2, 0) is 28.6 Å². The van der Waals surface area contributed by atoms with E-state index in [1.807, 2.05) is 0 Å². The molecule has 0 radical (unpaired) electrons. The molecule has 0 spiro atoms. The van der Waals surface area contributed by atoms with E-state index in [0.717, 1.165) is 64.2 Å². The number of fused-ring (bicyclic) bond motifs is 5. The first-order chi connectivity index (χ1) is 28.0. The standard InChI is InChI=1S/C45H71N3O11/c1-6-7-8-9-18-45(4,55)36-13-10-30-29-26-35(32-25-28(49)16-19-43(32,2)31(29)17-20-44(30,36)3)59-39(52)15-14-37(50)47-21-22-57-23-24-58-27-38(51)48-33-11-12-34(56-5)40(41(33)53)42(46)54/h11-12,28-32,35-36,49,53,55H,6-10,13-27H2,1-5H3,(H2,46,54)(H,47,50)(H,48,51)/t28-,29-,30-,31-,32+,35-,36-,43?,44-,45-/m0/s1. The van der Waals surface area contributed by atoms with Gasteiger partial charge in [0.15, 0.2) is 5.75 Å². The topological polar surface area (TPSA) is 216 Å². The third-order valence-corrected chi connectivity index (χ3v) is 14.8. The van der Waals surface area contributed by atoms with Crippen molar-refractivity contribution in [2.75, 3.05) is 45.4 Å². The van der Waals surface area contributed by atoms with Gasteiger partial charge in [0.2, 0.25) is 11.8 Å². The fourth-order valence-corrected chi connectivity index (χ4v) is 11.9. The number of aliphatic hydroxyl groups is 2. The van der Waals surface area contributed by atoms with Gasteiger partial charge in [-0.05, 0) is 111 Å². The number of hydrogen-bond donors (Lipinski definition) is 6. The number of aromatic hydroxyl groups is 1. The molecule has 59 heavy (non-hydrogen) atoms. The number of unbranched alkanes of at least 4 members (excludes halogenated alkanes) is 3. The molecule has 1 unspecified atom stereocenters. The highest BCUT2D eigenvalue weighted by molar-refractivity contribution is 6.02. The summed E-state index contributed by atoms with van der Waals surface area (Å²) in [5, 5.41) is 38.2. The van der Waals surface area contributed by atoms with Crippen LogP contribution >= 0.6 is 0 Å². The molecule has 4 aliphatic rings. The van der Waals surface area contributed by atoms with E-state index in [0.29, 0.717) is 24.2 Å². The number of anilines is 1. The number of nitrogens with two attached hydrogens (primary N) is 1. The smallest absolute Gasteiger partial charge is 0.306 e. The Morgan fingerprint density at radius 3 is 2.36 bits per heavy atom. The van der Waals surface area contributed by atoms with Gasteiger partial charge in [-0.1, -0.05) is 46.5 Å². The predicted molar refractivity (Wildman–Crippen MR) is 222 cm³/mol. The Morgan fingerprint density at radius 2 is 1.63 bits per heavy atom. The second kappa shape index (κ2) is 20.4. The zero-order valence-electron chi connectivity index (χ0n) is 36.0. The first kappa shape index (κ1) is 46.6. The van der Waals surface area contributed by atoms with Gasteiger partial charge in [-0.25, -0.2) is 0 Å². The molecule has 0 heterocycles. The normalized spacial score (nSPS) is 30.9. The van der Waals surface area contributed by atoms with Crippen molar-refractivity contribution < 1.29 is 53.4 Å². The van der Waals surface area contributed by atoms with Gasteiger partial charge in [-0.2, -0.15) is 0 Å². The number of amides is 3. The maximum Gasteiger partial charge on any atom is 0.306 e. The van der Waals surface area contributed by atoms with Crippen molar-refractivity contribution >= 4 is 29.4 Å². The van der Waals surface area contributed by atoms with Crippen LogP contribution in [0.2, 0.25) is 0 Å². The van der Waals surface area contributed by atoms with Crippen molar-refractivity contribution in [3.8, 4) is 11.5 Å². The van der Waals surface area contributed by atoms with Crippen LogP contribution in [0.25, 0.3) is 0 Å². The molecule has 10 atom stereocenters. The van der Waals surface area contributed by atoms with Gasteiger partial charge in [-0.15, -0.1) is 0 Å². The quantitative estimate of drug-likeness (QED) is 0.0507. The largest absolute Gasteiger partial charge is 0.505 e. The highest BCUT2D eigenvalue weighted by atomic mass is 16.5. The first-order valence-corrected chi connectivity index (χ1v) is 22.1. The van der Waals surface area contributed by atoms with E-state index < -0.39 is 35.2 Å². The summed E-state index contributed by atoms with van der Waals surface area (Å²) in [5.41, 5.74) is 4.35. The van der Waals surface area contributed by atoms with Crippen LogP contribution in [0.5, 0.6) is 11.5 Å². The van der Waals surface area contributed by atoms with Crippen LogP contribution in [0.1, 0.15) is 134 Å². The SMILES string of the molecule is CCCCCC[C@](C)(O)[C@H]1CC[C@H]2[C@@H]3C[C@H](OC(=O)CCC(=O)NCCOCCOCC(=O)Nc4ccc(OC)c(C(N)=O)c4O)[C@H]4C[C@@H](O)CCC4(C)[C@H]3CC[C@@]21C. The molecule has 7 N–H and O–H groups in total. The molecule has 14 nitrogen and oxygen atoms in total. The van der Waals surface area contributed by atoms with Crippen LogP contribution in [0.3, 0.4) is 0 Å². The Morgan fingerprint density at radius 1 is 0.898 bits per heavy atom. The zero-order chi connectivity index (χ0) is 43.0. The summed E-state index contributed by atoms with van der Waals surface area (Å²) in [5.74, 6) is -0.916. The van der Waals surface area contributed by atoms with Crippen LogP contribution < -0.4 is 21.1 Å². The number of hydrogen-bond acceptors (Lipinski definition) is 11. The number of nitrogens with one attached hydrogen (secondary N) is 2. The highest BCUT2D eigenvalue weighted by Crippen LogP contribution is 2.69. The van der Waals surface area contributed by atoms with Gasteiger partial charge in [-0.3, -0.25) is 19.2 Å². The molecule has 4 saturated carbocycles. The first-order valence-electron chi connectivity index (χ1n) is 22.1. The third-order valence-electron chi connectivity index (χ3n) is 14.8. The Hall–Kier alpha value is -3.46. The number of rotatable bonds is 21. The molecule has 0 saturated heterocycles. The molecular weight excluding hydrogens is 759 g/mol. The van der Waals surface area contributed by atoms with E-state index in [1.165, 1.54) is 32.1 Å². The number of esters is 1. The molecule has 0 aliphatic heterocycles. The van der Waals surface area contributed by atoms with Gasteiger partial charge >= 0.3 is 5.97 Å². The Labute approximate surface area is 350 Å². The van der Waals surface area contributed by atoms with Crippen LogP contribution in [0.15, 0.2) is 12.1 Å². The molecular formula is C45H71N3O11. The monoisotopic (exact) mass is 830 g/mol. The minimum atomic E-state index is -0.908. The molecule has 5 rings (SSSR count). The average molecular weight is 830 g/mol. The number of benzene rings is 1. The van der Waals surface area contributed by atoms with Gasteiger partial charge in [0.1, 0.15) is 24.0 Å². The van der Waals surface area contributed by atoms with Crippen molar-refractivity contribution in [1.82, 2.24) is 5.32 Å². The van der Waals surface area contributed by atoms with Crippen molar-refractivity contribution in [1.29, 1.82) is 0 Å². The molecule has 4 aliphatic carbocycles. The molecule has 14 heteroatoms. The summed E-state index contributed by atoms with van der Waals surface area (Å²) >= 11 is 0. The molecule has 0 bridgehead atoms. The van der Waals surface area contributed by atoms with Gasteiger partial charge in [0.25, 0.3) is 5.91 Å². The lowest BCUT2D eigenvalue weighted by atomic mass is 9.43. The number of phenols is 1. The Kier molecular flexibility index (Phi) is 16.1. The van der Waals surface area contributed by atoms with Crippen LogP contribution in [-0.4, -0.2) is 96.9 Å². The Balaban J connectivity index is 1.04. The number of ether oxygens (including phenoxy) is 4. The summed E-state index contributed by atoms with van der Waals surface area (Å²) in [6.45, 7) is 9.43. The number of carbonyl (C=O) groups is 4. The second-order valence-electron chi connectivity index (χ2n) is 18.5. The van der Waals surface area contributed by atoms with Crippen molar-refractivity contribution in [3.05, 3.63) is 17.7 Å². The molecule has 0 aromatic heterocycles. The fraction of sp³-hybridized carbons (Fsp3) is 0.778. The van der Waals surface area contributed by atoms with E-state index in [-0.39, 0.29) is 97.5 Å². The summed E-state index contributed by atoms with van der Waals surface area (Å²) in [6, 6.07) is 2.78. The summed E-state index contributed by atoms with van der Waals surface area (Å²) in [4.78, 5) is 50.0. The average Bonchev–Trinajstić information content (AvgIpc) is 3.56. The van der Waals surface area contributed by atoms with E-state index >= 15 is 0 Å². The fourth-order valence-electron chi connectivity index (χ4n) is 11.9. The summed E-state index contributed by atoms with van der Waals surface area (Å²) < 4.78 is 22.1. The zero-order valence-corrected chi connectivity index (χ0v) is 36.0. The van der Waals surface area contributed by atoms with E-state index in [4.69, 9.17) is 24.7 Å². The summed E-state index contributed by atoms with van der Waals surface area (Å²) in [7, 11) is 1.32. The lowest BCUT2D eigenvalue weighted by Gasteiger charge is -2.63. The van der Waals surface area contributed by atoms with Gasteiger partial charge < -0.3 is 50.6 Å². The number of carbonyl (C=O) groups excluding carboxylic acids is 4. The van der Waals surface area contributed by atoms with Crippen molar-refractivity contribution in [3.63, 3.8) is 0 Å². The van der Waals surface area contributed by atoms with E-state index in [2.05, 4.69) is 38.3 Å². The highest BCUT2D eigenvalue weighted by Gasteiger charge is 2.64. The Bertz CT molecular complexity index is 1620. The lowest BCUT2D eigenvalue weighted by molar-refractivity contribution is -0.197. The second-order valence-corrected chi connectivity index (χ2v) is 18.5. The number of methoxy groups -OCH3 is 1. The minimum absolute atomic E-state index is 0.0131. The molecule has 1 aromatic carbocycles. The molecule has 4 fully saturated rings. The van der Waals surface area contributed by atoms with Gasteiger partial charge in [0, 0.05) is 18.9 Å². The summed E-state index contributed by atoms with van der Waals surface area (Å²) in [6.07, 6.45) is 12.1. The number of primary amides is 1. The van der Waals surface area contributed by atoms with E-state index in [9.17, 15) is 34.5 Å². The molecule has 3 amide bonds. The van der Waals surface area contributed by atoms with Crippen molar-refractivity contribution in [2.24, 2.45) is 46.2 Å². The molecule has 332 valence electrons. The van der Waals surface area contributed by atoms with Crippen molar-refractivity contribution in [2.45, 2.75) is 142 Å². The lowest BCUT2D eigenvalue weighted by Crippen LogP contribution is -2.59. The van der Waals surface area contributed by atoms with E-state index in [1.54, 1.807) is 0 Å². The van der Waals surface area contributed by atoms with Crippen LogP contribution in [0, 0.1) is 40.4 Å².